The Morgan fingerprint density at radius 3 is 2.35 bits per heavy atom. The van der Waals surface area contributed by atoms with Gasteiger partial charge in [0.25, 0.3) is 5.91 Å². The molecule has 2 aromatic carbocycles. The molecule has 1 N–H and O–H groups in total. The van der Waals surface area contributed by atoms with Gasteiger partial charge in [-0.1, -0.05) is 42.3 Å². The normalized spacial score (nSPS) is 12.5. The second-order valence-electron chi connectivity index (χ2n) is 5.73. The predicted octanol–water partition coefficient (Wildman–Crippen LogP) is 4.04. The van der Waals surface area contributed by atoms with Crippen LogP contribution >= 0.6 is 23.2 Å². The molecular formula is C18H19Cl2NO4S. The molecule has 0 saturated heterocycles. The quantitative estimate of drug-likeness (QED) is 0.740. The van der Waals surface area contributed by atoms with E-state index >= 15 is 0 Å². The summed E-state index contributed by atoms with van der Waals surface area (Å²) in [6.45, 7) is 1.73. The van der Waals surface area contributed by atoms with E-state index in [1.54, 1.807) is 24.3 Å². The number of nitrogens with one attached hydrogen (secondary N) is 1. The molecule has 140 valence electrons. The number of carbonyl (C=O) groups is 1. The van der Waals surface area contributed by atoms with Crippen molar-refractivity contribution in [1.82, 2.24) is 5.32 Å². The van der Waals surface area contributed by atoms with Crippen LogP contribution in [0, 0.1) is 0 Å². The largest absolute Gasteiger partial charge is 0.482 e. The van der Waals surface area contributed by atoms with Gasteiger partial charge in [-0.2, -0.15) is 0 Å². The van der Waals surface area contributed by atoms with Crippen LogP contribution in [0.4, 0.5) is 0 Å². The minimum absolute atomic E-state index is 0.195. The first-order valence-electron chi connectivity index (χ1n) is 7.88. The van der Waals surface area contributed by atoms with Gasteiger partial charge < -0.3 is 10.1 Å². The number of hydrogen-bond donors (Lipinski definition) is 1. The van der Waals surface area contributed by atoms with Gasteiger partial charge in [-0.05, 0) is 42.3 Å². The van der Waals surface area contributed by atoms with Crippen molar-refractivity contribution in [2.45, 2.75) is 24.3 Å². The zero-order chi connectivity index (χ0) is 19.3. The Labute approximate surface area is 163 Å². The fourth-order valence-corrected chi connectivity index (χ4v) is 3.43. The van der Waals surface area contributed by atoms with Crippen molar-refractivity contribution < 1.29 is 17.9 Å². The SMILES string of the molecule is CC[C@@H](NC(=O)COc1ccc(Cl)cc1Cl)c1ccc(S(C)(=O)=O)cc1. The number of hydrogen-bond acceptors (Lipinski definition) is 4. The third-order valence-electron chi connectivity index (χ3n) is 3.71. The number of ether oxygens (including phenoxy) is 1. The molecule has 5 nitrogen and oxygen atoms in total. The monoisotopic (exact) mass is 415 g/mol. The van der Waals surface area contributed by atoms with Gasteiger partial charge in [-0.3, -0.25) is 4.79 Å². The molecule has 0 spiro atoms. The highest BCUT2D eigenvalue weighted by molar-refractivity contribution is 7.90. The van der Waals surface area contributed by atoms with E-state index in [0.717, 1.165) is 11.8 Å². The molecular weight excluding hydrogens is 397 g/mol. The molecule has 0 aliphatic carbocycles. The lowest BCUT2D eigenvalue weighted by molar-refractivity contribution is -0.123. The summed E-state index contributed by atoms with van der Waals surface area (Å²) < 4.78 is 28.5. The molecule has 8 heteroatoms. The Balaban J connectivity index is 1.99. The Bertz CT molecular complexity index is 883. The summed E-state index contributed by atoms with van der Waals surface area (Å²) in [6.07, 6.45) is 1.80. The summed E-state index contributed by atoms with van der Waals surface area (Å²) in [6, 6.07) is 11.0. The van der Waals surface area contributed by atoms with Crippen molar-refractivity contribution in [2.24, 2.45) is 0 Å². The van der Waals surface area contributed by atoms with E-state index < -0.39 is 9.84 Å². The molecule has 0 bridgehead atoms. The van der Waals surface area contributed by atoms with Crippen LogP contribution in [-0.4, -0.2) is 27.2 Å². The van der Waals surface area contributed by atoms with Crippen LogP contribution in [-0.2, 0) is 14.6 Å². The van der Waals surface area contributed by atoms with Gasteiger partial charge in [-0.25, -0.2) is 8.42 Å². The minimum Gasteiger partial charge on any atom is -0.482 e. The Morgan fingerprint density at radius 1 is 1.15 bits per heavy atom. The molecule has 0 saturated carbocycles. The third-order valence-corrected chi connectivity index (χ3v) is 5.37. The second kappa shape index (κ2) is 8.75. The van der Waals surface area contributed by atoms with Crippen LogP contribution in [0.25, 0.3) is 0 Å². The summed E-state index contributed by atoms with van der Waals surface area (Å²) in [7, 11) is -3.25. The first kappa shape index (κ1) is 20.6. The average molecular weight is 416 g/mol. The van der Waals surface area contributed by atoms with Gasteiger partial charge in [0.1, 0.15) is 5.75 Å². The smallest absolute Gasteiger partial charge is 0.258 e. The summed E-state index contributed by atoms with van der Waals surface area (Å²) >= 11 is 11.8. The highest BCUT2D eigenvalue weighted by Gasteiger charge is 2.15. The van der Waals surface area contributed by atoms with Gasteiger partial charge in [0.2, 0.25) is 0 Å². The molecule has 0 fully saturated rings. The van der Waals surface area contributed by atoms with Crippen LogP contribution in [0.5, 0.6) is 5.75 Å². The first-order chi connectivity index (χ1) is 12.2. The maximum absolute atomic E-state index is 12.2. The van der Waals surface area contributed by atoms with Gasteiger partial charge in [0.15, 0.2) is 16.4 Å². The molecule has 26 heavy (non-hydrogen) atoms. The second-order valence-corrected chi connectivity index (χ2v) is 8.59. The van der Waals surface area contributed by atoms with Crippen LogP contribution in [0.3, 0.4) is 0 Å². The fourth-order valence-electron chi connectivity index (χ4n) is 2.34. The van der Waals surface area contributed by atoms with Gasteiger partial charge >= 0.3 is 0 Å². The zero-order valence-electron chi connectivity index (χ0n) is 14.3. The van der Waals surface area contributed by atoms with Crippen LogP contribution in [0.2, 0.25) is 10.0 Å². The summed E-state index contributed by atoms with van der Waals surface area (Å²) in [5, 5.41) is 3.67. The molecule has 1 amide bonds. The standard InChI is InChI=1S/C18H19Cl2NO4S/c1-3-16(12-4-7-14(8-5-12)26(2,23)24)21-18(22)11-25-17-9-6-13(19)10-15(17)20/h4-10,16H,3,11H2,1-2H3,(H,21,22)/t16-/m1/s1. The maximum atomic E-state index is 12.2. The van der Waals surface area contributed by atoms with Crippen LogP contribution < -0.4 is 10.1 Å². The van der Waals surface area contributed by atoms with Crippen molar-refractivity contribution in [3.05, 3.63) is 58.1 Å². The first-order valence-corrected chi connectivity index (χ1v) is 10.5. The van der Waals surface area contributed by atoms with Crippen molar-refractivity contribution in [2.75, 3.05) is 12.9 Å². The lowest BCUT2D eigenvalue weighted by Gasteiger charge is -2.18. The number of rotatable bonds is 7. The number of carbonyl (C=O) groups excluding carboxylic acids is 1. The number of benzene rings is 2. The zero-order valence-corrected chi connectivity index (χ0v) is 16.7. The molecule has 0 unspecified atom stereocenters. The molecule has 0 heterocycles. The third kappa shape index (κ3) is 5.62. The minimum atomic E-state index is -3.25. The highest BCUT2D eigenvalue weighted by atomic mass is 35.5. The Morgan fingerprint density at radius 2 is 1.81 bits per heavy atom. The van der Waals surface area contributed by atoms with E-state index in [9.17, 15) is 13.2 Å². The molecule has 2 rings (SSSR count). The summed E-state index contributed by atoms with van der Waals surface area (Å²) in [5.74, 6) is 0.0619. The summed E-state index contributed by atoms with van der Waals surface area (Å²) in [5.41, 5.74) is 0.817. The summed E-state index contributed by atoms with van der Waals surface area (Å²) in [4.78, 5) is 12.4. The molecule has 0 radical (unpaired) electrons. The van der Waals surface area contributed by atoms with E-state index in [1.807, 2.05) is 6.92 Å². The van der Waals surface area contributed by atoms with Crippen molar-refractivity contribution in [3.63, 3.8) is 0 Å². The molecule has 0 aromatic heterocycles. The van der Waals surface area contributed by atoms with Gasteiger partial charge in [0, 0.05) is 11.3 Å². The Hall–Kier alpha value is -1.76. The fraction of sp³-hybridized carbons (Fsp3) is 0.278. The lowest BCUT2D eigenvalue weighted by atomic mass is 10.0. The highest BCUT2D eigenvalue weighted by Crippen LogP contribution is 2.27. The molecule has 1 atom stereocenters. The van der Waals surface area contributed by atoms with Crippen LogP contribution in [0.1, 0.15) is 24.9 Å². The van der Waals surface area contributed by atoms with Crippen molar-refractivity contribution in [1.29, 1.82) is 0 Å². The van der Waals surface area contributed by atoms with E-state index in [0.29, 0.717) is 22.2 Å². The molecule has 2 aromatic rings. The predicted molar refractivity (Wildman–Crippen MR) is 103 cm³/mol. The topological polar surface area (TPSA) is 72.5 Å². The van der Waals surface area contributed by atoms with Gasteiger partial charge in [-0.15, -0.1) is 0 Å². The Kier molecular flexibility index (Phi) is 6.92. The van der Waals surface area contributed by atoms with E-state index in [-0.39, 0.29) is 23.5 Å². The molecule has 0 aliphatic rings. The van der Waals surface area contributed by atoms with E-state index in [4.69, 9.17) is 27.9 Å². The number of halogens is 2. The van der Waals surface area contributed by atoms with E-state index in [2.05, 4.69) is 5.32 Å². The average Bonchev–Trinajstić information content (AvgIpc) is 2.58. The van der Waals surface area contributed by atoms with Crippen molar-refractivity contribution >= 4 is 38.9 Å². The number of amides is 1. The van der Waals surface area contributed by atoms with Crippen LogP contribution in [0.15, 0.2) is 47.4 Å². The van der Waals surface area contributed by atoms with Gasteiger partial charge in [0.05, 0.1) is 16.0 Å². The maximum Gasteiger partial charge on any atom is 0.258 e. The van der Waals surface area contributed by atoms with Crippen molar-refractivity contribution in [3.8, 4) is 5.75 Å². The number of sulfone groups is 1. The lowest BCUT2D eigenvalue weighted by Crippen LogP contribution is -2.32. The molecule has 0 aliphatic heterocycles. The van der Waals surface area contributed by atoms with E-state index in [1.165, 1.54) is 18.2 Å².